The predicted octanol–water partition coefficient (Wildman–Crippen LogP) is 0.964. The fourth-order valence-electron chi connectivity index (χ4n) is 2.39. The van der Waals surface area contributed by atoms with Gasteiger partial charge >= 0.3 is 6.09 Å². The molecule has 1 saturated heterocycles. The highest BCUT2D eigenvalue weighted by molar-refractivity contribution is 5.64. The third-order valence-electron chi connectivity index (χ3n) is 3.61. The van der Waals surface area contributed by atoms with E-state index in [1.807, 2.05) is 0 Å². The van der Waals surface area contributed by atoms with Crippen molar-refractivity contribution in [1.29, 1.82) is 0 Å². The van der Waals surface area contributed by atoms with Gasteiger partial charge in [0.05, 0.1) is 24.9 Å². The molecule has 0 aromatic carbocycles. The molecule has 1 aliphatic heterocycles. The Kier molecular flexibility index (Phi) is 3.35. The molecule has 3 N–H and O–H groups in total. The molecule has 16 heavy (non-hydrogen) atoms. The smallest absolute Gasteiger partial charge is 0.404 e. The van der Waals surface area contributed by atoms with Crippen molar-refractivity contribution in [3.8, 4) is 0 Å². The summed E-state index contributed by atoms with van der Waals surface area (Å²) in [6.45, 7) is 0.561. The lowest BCUT2D eigenvalue weighted by Gasteiger charge is -2.31. The van der Waals surface area contributed by atoms with Crippen molar-refractivity contribution in [1.82, 2.24) is 5.32 Å². The normalized spacial score (nSPS) is 28.7. The maximum Gasteiger partial charge on any atom is 0.404 e. The highest BCUT2D eigenvalue weighted by Crippen LogP contribution is 2.47. The van der Waals surface area contributed by atoms with Gasteiger partial charge in [-0.3, -0.25) is 0 Å². The first kappa shape index (κ1) is 11.7. The molecule has 1 spiro atoms. The lowest BCUT2D eigenvalue weighted by molar-refractivity contribution is -0.0391. The van der Waals surface area contributed by atoms with Crippen molar-refractivity contribution in [2.45, 2.75) is 43.7 Å². The van der Waals surface area contributed by atoms with Gasteiger partial charge in [-0.15, -0.1) is 0 Å². The zero-order valence-corrected chi connectivity index (χ0v) is 9.32. The zero-order valence-electron chi connectivity index (χ0n) is 9.32. The molecule has 2 aliphatic rings. The summed E-state index contributed by atoms with van der Waals surface area (Å²) in [5.74, 6) is 0.371. The van der Waals surface area contributed by atoms with E-state index in [1.165, 1.54) is 12.8 Å². The third-order valence-corrected chi connectivity index (χ3v) is 3.61. The average molecular weight is 229 g/mol. The Morgan fingerprint density at radius 3 is 2.69 bits per heavy atom. The second kappa shape index (κ2) is 4.59. The van der Waals surface area contributed by atoms with Crippen LogP contribution < -0.4 is 5.32 Å². The van der Waals surface area contributed by atoms with E-state index in [-0.39, 0.29) is 18.2 Å². The van der Waals surface area contributed by atoms with Crippen LogP contribution in [-0.4, -0.2) is 41.2 Å². The highest BCUT2D eigenvalue weighted by Gasteiger charge is 2.46. The second-order valence-corrected chi connectivity index (χ2v) is 4.96. The van der Waals surface area contributed by atoms with Crippen LogP contribution in [0.2, 0.25) is 0 Å². The monoisotopic (exact) mass is 229 g/mol. The number of hydrogen-bond acceptors (Lipinski definition) is 3. The van der Waals surface area contributed by atoms with Crippen LogP contribution in [0.15, 0.2) is 0 Å². The maximum absolute atomic E-state index is 10.5. The first-order valence-corrected chi connectivity index (χ1v) is 5.88. The fraction of sp³-hybridized carbons (Fsp3) is 0.909. The van der Waals surface area contributed by atoms with Crippen molar-refractivity contribution in [3.05, 3.63) is 0 Å². The summed E-state index contributed by atoms with van der Waals surface area (Å²) in [6.07, 6.45) is 4.11. The van der Waals surface area contributed by atoms with Crippen LogP contribution in [0.25, 0.3) is 0 Å². The minimum absolute atomic E-state index is 0.145. The molecule has 1 heterocycles. The van der Waals surface area contributed by atoms with E-state index in [0.29, 0.717) is 18.9 Å². The van der Waals surface area contributed by atoms with Crippen LogP contribution in [0.3, 0.4) is 0 Å². The Labute approximate surface area is 94.8 Å². The standard InChI is InChI=1S/C11H19NO4/c13-6-9(12-10(14)15)5-8-1-2-11(3-4-11)16-7-8/h8-9,12-13H,1-7H2,(H,14,15)/t8-,9+/m1/s1. The largest absolute Gasteiger partial charge is 0.465 e. The van der Waals surface area contributed by atoms with Crippen molar-refractivity contribution < 1.29 is 19.7 Å². The van der Waals surface area contributed by atoms with Gasteiger partial charge in [-0.1, -0.05) is 0 Å². The van der Waals surface area contributed by atoms with Crippen LogP contribution in [0.1, 0.15) is 32.1 Å². The molecule has 92 valence electrons. The molecular weight excluding hydrogens is 210 g/mol. The van der Waals surface area contributed by atoms with Crippen molar-refractivity contribution in [3.63, 3.8) is 0 Å². The number of carbonyl (C=O) groups is 1. The lowest BCUT2D eigenvalue weighted by atomic mass is 9.91. The summed E-state index contributed by atoms with van der Waals surface area (Å²) in [6, 6.07) is -0.362. The van der Waals surface area contributed by atoms with Gasteiger partial charge in [-0.05, 0) is 38.0 Å². The van der Waals surface area contributed by atoms with Crippen LogP contribution in [0.4, 0.5) is 4.79 Å². The lowest BCUT2D eigenvalue weighted by Crippen LogP contribution is -2.40. The number of ether oxygens (including phenoxy) is 1. The third kappa shape index (κ3) is 2.86. The minimum atomic E-state index is -1.07. The molecule has 0 aromatic heterocycles. The van der Waals surface area contributed by atoms with Gasteiger partial charge in [0.25, 0.3) is 0 Å². The van der Waals surface area contributed by atoms with Crippen molar-refractivity contribution in [2.24, 2.45) is 5.92 Å². The molecule has 1 amide bonds. The molecule has 2 atom stereocenters. The fourth-order valence-corrected chi connectivity index (χ4v) is 2.39. The number of rotatable bonds is 4. The second-order valence-electron chi connectivity index (χ2n) is 4.96. The van der Waals surface area contributed by atoms with E-state index in [0.717, 1.165) is 12.8 Å². The van der Waals surface area contributed by atoms with Crippen molar-refractivity contribution >= 4 is 6.09 Å². The Morgan fingerprint density at radius 1 is 1.50 bits per heavy atom. The number of aliphatic hydroxyl groups is 1. The quantitative estimate of drug-likeness (QED) is 0.671. The van der Waals surface area contributed by atoms with Gasteiger partial charge in [0.2, 0.25) is 0 Å². The van der Waals surface area contributed by atoms with E-state index in [9.17, 15) is 4.79 Å². The number of nitrogens with one attached hydrogen (secondary N) is 1. The molecule has 0 aromatic rings. The molecule has 5 heteroatoms. The summed E-state index contributed by atoms with van der Waals surface area (Å²) in [5.41, 5.74) is 0.186. The molecule has 1 saturated carbocycles. The molecule has 2 rings (SSSR count). The summed E-state index contributed by atoms with van der Waals surface area (Å²) < 4.78 is 5.78. The van der Waals surface area contributed by atoms with E-state index in [1.54, 1.807) is 0 Å². The van der Waals surface area contributed by atoms with Crippen LogP contribution >= 0.6 is 0 Å². The van der Waals surface area contributed by atoms with E-state index < -0.39 is 6.09 Å². The summed E-state index contributed by atoms with van der Waals surface area (Å²) in [5, 5.41) is 20.0. The number of carboxylic acid groups (broad SMARTS) is 1. The maximum atomic E-state index is 10.5. The van der Waals surface area contributed by atoms with Crippen LogP contribution in [0.5, 0.6) is 0 Å². The van der Waals surface area contributed by atoms with Gasteiger partial charge < -0.3 is 20.3 Å². The first-order chi connectivity index (χ1) is 7.63. The van der Waals surface area contributed by atoms with Gasteiger partial charge in [0, 0.05) is 0 Å². The first-order valence-electron chi connectivity index (χ1n) is 5.88. The molecular formula is C11H19NO4. The molecule has 0 bridgehead atoms. The molecule has 5 nitrogen and oxygen atoms in total. The van der Waals surface area contributed by atoms with E-state index >= 15 is 0 Å². The predicted molar refractivity (Wildman–Crippen MR) is 57.3 cm³/mol. The Morgan fingerprint density at radius 2 is 2.25 bits per heavy atom. The average Bonchev–Trinajstić information content (AvgIpc) is 3.00. The van der Waals surface area contributed by atoms with Gasteiger partial charge in [-0.2, -0.15) is 0 Å². The topological polar surface area (TPSA) is 78.8 Å². The molecule has 0 radical (unpaired) electrons. The molecule has 2 fully saturated rings. The van der Waals surface area contributed by atoms with E-state index in [4.69, 9.17) is 14.9 Å². The molecule has 1 aliphatic carbocycles. The Hall–Kier alpha value is -0.810. The van der Waals surface area contributed by atoms with Crippen molar-refractivity contribution in [2.75, 3.05) is 13.2 Å². The van der Waals surface area contributed by atoms with Gasteiger partial charge in [0.15, 0.2) is 0 Å². The van der Waals surface area contributed by atoms with Crippen LogP contribution in [0, 0.1) is 5.92 Å². The SMILES string of the molecule is O=C(O)N[C@H](CO)C[C@H]1CCC2(CC2)OC1. The number of aliphatic hydroxyl groups excluding tert-OH is 1. The number of amides is 1. The zero-order chi connectivity index (χ0) is 11.6. The summed E-state index contributed by atoms with van der Waals surface area (Å²) in [7, 11) is 0. The van der Waals surface area contributed by atoms with Gasteiger partial charge in [-0.25, -0.2) is 4.79 Å². The van der Waals surface area contributed by atoms with Crippen LogP contribution in [-0.2, 0) is 4.74 Å². The Balaban J connectivity index is 1.73. The minimum Gasteiger partial charge on any atom is -0.465 e. The Bertz CT molecular complexity index is 255. The van der Waals surface area contributed by atoms with E-state index in [2.05, 4.69) is 5.32 Å². The number of hydrogen-bond donors (Lipinski definition) is 3. The highest BCUT2D eigenvalue weighted by atomic mass is 16.5. The van der Waals surface area contributed by atoms with Gasteiger partial charge in [0.1, 0.15) is 0 Å². The molecule has 0 unspecified atom stereocenters. The summed E-state index contributed by atoms with van der Waals surface area (Å²) >= 11 is 0. The summed E-state index contributed by atoms with van der Waals surface area (Å²) in [4.78, 5) is 10.5.